The topological polar surface area (TPSA) is 92.2 Å². The number of carbonyl (C=O) groups excluding carboxylic acids is 1. The van der Waals surface area contributed by atoms with E-state index in [1.807, 2.05) is 6.92 Å². The van der Waals surface area contributed by atoms with E-state index in [9.17, 15) is 9.59 Å². The highest BCUT2D eigenvalue weighted by Gasteiger charge is 2.14. The van der Waals surface area contributed by atoms with Crippen molar-refractivity contribution in [2.24, 2.45) is 5.92 Å². The first-order valence-corrected chi connectivity index (χ1v) is 5.81. The van der Waals surface area contributed by atoms with Crippen LogP contribution in [0.1, 0.15) is 35.9 Å². The number of hydrogen-bond donors (Lipinski definition) is 2. The van der Waals surface area contributed by atoms with Gasteiger partial charge in [0.1, 0.15) is 5.69 Å². The lowest BCUT2D eigenvalue weighted by Gasteiger charge is -2.12. The average molecular weight is 251 g/mol. The number of hydrogen-bond acceptors (Lipinski definition) is 4. The van der Waals surface area contributed by atoms with Crippen LogP contribution in [-0.4, -0.2) is 33.5 Å². The quantitative estimate of drug-likeness (QED) is 0.787. The SMILES string of the molecule is CCC(CNC(=O)c1cnc(C)cn1)CC(=O)O. The summed E-state index contributed by atoms with van der Waals surface area (Å²) in [6, 6.07) is 0. The van der Waals surface area contributed by atoms with Crippen molar-refractivity contribution in [3.05, 3.63) is 23.8 Å². The predicted molar refractivity (Wildman–Crippen MR) is 65.1 cm³/mol. The molecule has 0 aromatic carbocycles. The summed E-state index contributed by atoms with van der Waals surface area (Å²) in [7, 11) is 0. The van der Waals surface area contributed by atoms with Crippen molar-refractivity contribution in [2.45, 2.75) is 26.7 Å². The fourth-order valence-electron chi connectivity index (χ4n) is 1.45. The molecule has 0 aliphatic heterocycles. The number of nitrogens with one attached hydrogen (secondary N) is 1. The summed E-state index contributed by atoms with van der Waals surface area (Å²) in [6.45, 7) is 4.01. The highest BCUT2D eigenvalue weighted by molar-refractivity contribution is 5.91. The number of aliphatic carboxylic acids is 1. The molecule has 1 amide bonds. The lowest BCUT2D eigenvalue weighted by Crippen LogP contribution is -2.30. The van der Waals surface area contributed by atoms with Gasteiger partial charge in [-0.2, -0.15) is 0 Å². The first-order valence-electron chi connectivity index (χ1n) is 5.81. The van der Waals surface area contributed by atoms with Crippen LogP contribution in [0.2, 0.25) is 0 Å². The molecule has 1 unspecified atom stereocenters. The van der Waals surface area contributed by atoms with Crippen LogP contribution in [0.25, 0.3) is 0 Å². The molecule has 0 radical (unpaired) electrons. The summed E-state index contributed by atoms with van der Waals surface area (Å²) in [5.74, 6) is -1.25. The number of rotatable bonds is 6. The van der Waals surface area contributed by atoms with Crippen LogP contribution in [0.5, 0.6) is 0 Å². The van der Waals surface area contributed by atoms with E-state index in [0.717, 1.165) is 5.69 Å². The molecule has 1 atom stereocenters. The molecule has 1 heterocycles. The Morgan fingerprint density at radius 2 is 2.11 bits per heavy atom. The maximum Gasteiger partial charge on any atom is 0.303 e. The van der Waals surface area contributed by atoms with Crippen LogP contribution < -0.4 is 5.32 Å². The highest BCUT2D eigenvalue weighted by Crippen LogP contribution is 2.06. The van der Waals surface area contributed by atoms with Crippen molar-refractivity contribution in [1.82, 2.24) is 15.3 Å². The fraction of sp³-hybridized carbons (Fsp3) is 0.500. The number of aryl methyl sites for hydroxylation is 1. The van der Waals surface area contributed by atoms with Gasteiger partial charge in [-0.05, 0) is 12.8 Å². The van der Waals surface area contributed by atoms with Gasteiger partial charge in [0, 0.05) is 19.2 Å². The van der Waals surface area contributed by atoms with E-state index < -0.39 is 5.97 Å². The summed E-state index contributed by atoms with van der Waals surface area (Å²) in [4.78, 5) is 30.2. The van der Waals surface area contributed by atoms with E-state index in [4.69, 9.17) is 5.11 Å². The number of carboxylic acids is 1. The molecule has 1 aromatic rings. The molecule has 0 saturated heterocycles. The number of amides is 1. The molecule has 98 valence electrons. The molecule has 1 rings (SSSR count). The fourth-order valence-corrected chi connectivity index (χ4v) is 1.45. The second-order valence-electron chi connectivity index (χ2n) is 4.13. The van der Waals surface area contributed by atoms with Gasteiger partial charge in [-0.1, -0.05) is 13.3 Å². The first kappa shape index (κ1) is 14.1. The van der Waals surface area contributed by atoms with Gasteiger partial charge in [0.15, 0.2) is 0 Å². The third kappa shape index (κ3) is 4.48. The van der Waals surface area contributed by atoms with Gasteiger partial charge < -0.3 is 10.4 Å². The summed E-state index contributed by atoms with van der Waals surface area (Å²) >= 11 is 0. The Kier molecular flexibility index (Phi) is 5.23. The standard InChI is InChI=1S/C12H17N3O3/c1-3-9(4-11(16)17)6-15-12(18)10-7-13-8(2)5-14-10/h5,7,9H,3-4,6H2,1-2H3,(H,15,18)(H,16,17). The van der Waals surface area contributed by atoms with E-state index >= 15 is 0 Å². The molecule has 0 fully saturated rings. The maximum atomic E-state index is 11.7. The molecule has 6 nitrogen and oxygen atoms in total. The van der Waals surface area contributed by atoms with Crippen molar-refractivity contribution in [1.29, 1.82) is 0 Å². The Hall–Kier alpha value is -1.98. The van der Waals surface area contributed by atoms with E-state index in [1.54, 1.807) is 6.92 Å². The number of aromatic nitrogens is 2. The zero-order valence-corrected chi connectivity index (χ0v) is 10.5. The normalized spacial score (nSPS) is 11.9. The van der Waals surface area contributed by atoms with Crippen LogP contribution in [0.3, 0.4) is 0 Å². The van der Waals surface area contributed by atoms with E-state index in [-0.39, 0.29) is 23.9 Å². The Morgan fingerprint density at radius 1 is 1.39 bits per heavy atom. The molecule has 0 aliphatic carbocycles. The van der Waals surface area contributed by atoms with Crippen LogP contribution >= 0.6 is 0 Å². The molecule has 0 bridgehead atoms. The van der Waals surface area contributed by atoms with Gasteiger partial charge in [0.05, 0.1) is 11.9 Å². The molecular weight excluding hydrogens is 234 g/mol. The van der Waals surface area contributed by atoms with Gasteiger partial charge in [-0.3, -0.25) is 14.6 Å². The molecule has 1 aromatic heterocycles. The van der Waals surface area contributed by atoms with Gasteiger partial charge in [0.25, 0.3) is 5.91 Å². The highest BCUT2D eigenvalue weighted by atomic mass is 16.4. The minimum absolute atomic E-state index is 0.0519. The molecule has 6 heteroatoms. The predicted octanol–water partition coefficient (Wildman–Crippen LogP) is 1.02. The molecule has 0 saturated carbocycles. The second kappa shape index (κ2) is 6.68. The first-order chi connectivity index (χ1) is 8.52. The molecular formula is C12H17N3O3. The number of carboxylic acid groups (broad SMARTS) is 1. The van der Waals surface area contributed by atoms with E-state index in [1.165, 1.54) is 12.4 Å². The Bertz CT molecular complexity index is 417. The monoisotopic (exact) mass is 251 g/mol. The van der Waals surface area contributed by atoms with Gasteiger partial charge >= 0.3 is 5.97 Å². The summed E-state index contributed by atoms with van der Waals surface area (Å²) in [5, 5.41) is 11.4. The number of nitrogens with zero attached hydrogens (tertiary/aromatic N) is 2. The van der Waals surface area contributed by atoms with Gasteiger partial charge in [-0.25, -0.2) is 4.98 Å². The molecule has 18 heavy (non-hydrogen) atoms. The lowest BCUT2D eigenvalue weighted by molar-refractivity contribution is -0.138. The van der Waals surface area contributed by atoms with Crippen LogP contribution in [0.15, 0.2) is 12.4 Å². The maximum absolute atomic E-state index is 11.7. The Morgan fingerprint density at radius 3 is 2.61 bits per heavy atom. The third-order valence-corrected chi connectivity index (χ3v) is 2.61. The van der Waals surface area contributed by atoms with Gasteiger partial charge in [-0.15, -0.1) is 0 Å². The Labute approximate surface area is 105 Å². The zero-order valence-electron chi connectivity index (χ0n) is 10.5. The molecule has 0 spiro atoms. The summed E-state index contributed by atoms with van der Waals surface area (Å²) < 4.78 is 0. The van der Waals surface area contributed by atoms with Crippen molar-refractivity contribution in [3.8, 4) is 0 Å². The van der Waals surface area contributed by atoms with Crippen LogP contribution in [0.4, 0.5) is 0 Å². The van der Waals surface area contributed by atoms with E-state index in [0.29, 0.717) is 13.0 Å². The van der Waals surface area contributed by atoms with Crippen molar-refractivity contribution in [2.75, 3.05) is 6.54 Å². The largest absolute Gasteiger partial charge is 0.481 e. The van der Waals surface area contributed by atoms with Crippen molar-refractivity contribution in [3.63, 3.8) is 0 Å². The minimum Gasteiger partial charge on any atom is -0.481 e. The number of carbonyl (C=O) groups is 2. The molecule has 0 aliphatic rings. The zero-order chi connectivity index (χ0) is 13.5. The van der Waals surface area contributed by atoms with Crippen LogP contribution in [0, 0.1) is 12.8 Å². The van der Waals surface area contributed by atoms with Crippen LogP contribution in [-0.2, 0) is 4.79 Å². The van der Waals surface area contributed by atoms with Crippen molar-refractivity contribution >= 4 is 11.9 Å². The molecule has 2 N–H and O–H groups in total. The lowest BCUT2D eigenvalue weighted by atomic mass is 10.0. The average Bonchev–Trinajstić information content (AvgIpc) is 2.34. The van der Waals surface area contributed by atoms with Gasteiger partial charge in [0.2, 0.25) is 0 Å². The minimum atomic E-state index is -0.855. The Balaban J connectivity index is 2.49. The third-order valence-electron chi connectivity index (χ3n) is 2.61. The summed E-state index contributed by atoms with van der Waals surface area (Å²) in [5.41, 5.74) is 0.981. The van der Waals surface area contributed by atoms with Crippen molar-refractivity contribution < 1.29 is 14.7 Å². The smallest absolute Gasteiger partial charge is 0.303 e. The summed E-state index contributed by atoms with van der Waals surface area (Å²) in [6.07, 6.45) is 3.68. The van der Waals surface area contributed by atoms with E-state index in [2.05, 4.69) is 15.3 Å². The second-order valence-corrected chi connectivity index (χ2v) is 4.13.